The van der Waals surface area contributed by atoms with Gasteiger partial charge in [-0.1, -0.05) is 28.1 Å². The van der Waals surface area contributed by atoms with Gasteiger partial charge in [-0.25, -0.2) is 0 Å². The van der Waals surface area contributed by atoms with Gasteiger partial charge in [0.25, 0.3) is 0 Å². The van der Waals surface area contributed by atoms with Crippen LogP contribution in [0.15, 0.2) is 71.5 Å². The molecule has 6 nitrogen and oxygen atoms in total. The predicted molar refractivity (Wildman–Crippen MR) is 133 cm³/mol. The van der Waals surface area contributed by atoms with Crippen molar-refractivity contribution in [1.82, 2.24) is 24.7 Å². The van der Waals surface area contributed by atoms with Crippen molar-refractivity contribution in [3.8, 4) is 5.69 Å². The van der Waals surface area contributed by atoms with Gasteiger partial charge in [-0.2, -0.15) is 0 Å². The van der Waals surface area contributed by atoms with Crippen LogP contribution in [-0.4, -0.2) is 63.9 Å². The van der Waals surface area contributed by atoms with Crippen molar-refractivity contribution < 1.29 is 4.74 Å². The molecule has 2 aliphatic rings. The topological polar surface area (TPSA) is 45.6 Å². The number of thiocarbonyl (C=S) groups is 1. The molecule has 32 heavy (non-hydrogen) atoms. The van der Waals surface area contributed by atoms with Crippen LogP contribution in [0.3, 0.4) is 0 Å². The first-order chi connectivity index (χ1) is 15.7. The highest BCUT2D eigenvalue weighted by Crippen LogP contribution is 2.39. The summed E-state index contributed by atoms with van der Waals surface area (Å²) in [6, 6.07) is 18.7. The number of halogens is 1. The van der Waals surface area contributed by atoms with Crippen LogP contribution < -0.4 is 5.32 Å². The molecular weight excluding hydrogens is 486 g/mol. The van der Waals surface area contributed by atoms with Gasteiger partial charge in [0.2, 0.25) is 0 Å². The monoisotopic (exact) mass is 511 g/mol. The second-order valence-corrected chi connectivity index (χ2v) is 9.36. The van der Waals surface area contributed by atoms with E-state index in [9.17, 15) is 0 Å². The van der Waals surface area contributed by atoms with Crippen molar-refractivity contribution in [2.24, 2.45) is 0 Å². The Bertz CT molecular complexity index is 1070. The molecule has 2 aromatic heterocycles. The zero-order valence-electron chi connectivity index (χ0n) is 17.7. The number of nitrogens with zero attached hydrogens (tertiary/aromatic N) is 4. The largest absolute Gasteiger partial charge is 0.379 e. The van der Waals surface area contributed by atoms with Crippen molar-refractivity contribution in [3.63, 3.8) is 0 Å². The summed E-state index contributed by atoms with van der Waals surface area (Å²) < 4.78 is 8.82. The van der Waals surface area contributed by atoms with Crippen molar-refractivity contribution in [2.45, 2.75) is 12.1 Å². The average Bonchev–Trinajstić information content (AvgIpc) is 3.43. The summed E-state index contributed by atoms with van der Waals surface area (Å²) in [6.07, 6.45) is 3.97. The molecule has 0 unspecified atom stereocenters. The molecule has 8 heteroatoms. The molecule has 1 aromatic carbocycles. The number of rotatable bonds is 6. The van der Waals surface area contributed by atoms with E-state index < -0.39 is 0 Å². The molecule has 0 saturated carbocycles. The van der Waals surface area contributed by atoms with Gasteiger partial charge in [0.15, 0.2) is 5.11 Å². The van der Waals surface area contributed by atoms with Gasteiger partial charge in [0.1, 0.15) is 0 Å². The number of nitrogens with one attached hydrogen (secondary N) is 1. The Morgan fingerprint density at radius 3 is 2.72 bits per heavy atom. The van der Waals surface area contributed by atoms with E-state index in [1.807, 2.05) is 24.4 Å². The summed E-state index contributed by atoms with van der Waals surface area (Å²) >= 11 is 9.46. The van der Waals surface area contributed by atoms with Crippen LogP contribution in [0, 0.1) is 0 Å². The molecule has 0 radical (unpaired) electrons. The minimum Gasteiger partial charge on any atom is -0.379 e. The summed E-state index contributed by atoms with van der Waals surface area (Å²) in [5.41, 5.74) is 3.30. The normalized spacial score (nSPS) is 21.7. The van der Waals surface area contributed by atoms with Crippen LogP contribution in [0.25, 0.3) is 5.69 Å². The van der Waals surface area contributed by atoms with Crippen molar-refractivity contribution in [3.05, 3.63) is 82.9 Å². The highest BCUT2D eigenvalue weighted by molar-refractivity contribution is 9.10. The summed E-state index contributed by atoms with van der Waals surface area (Å²) in [4.78, 5) is 9.44. The molecule has 2 fully saturated rings. The Kier molecular flexibility index (Phi) is 6.54. The molecule has 2 aliphatic heterocycles. The van der Waals surface area contributed by atoms with Crippen molar-refractivity contribution in [2.75, 3.05) is 39.4 Å². The molecule has 4 heterocycles. The maximum absolute atomic E-state index is 5.84. The highest BCUT2D eigenvalue weighted by Gasteiger charge is 2.41. The number of hydrogen-bond donors (Lipinski definition) is 1. The third kappa shape index (κ3) is 4.45. The third-order valence-electron chi connectivity index (χ3n) is 6.13. The van der Waals surface area contributed by atoms with Crippen LogP contribution in [0.5, 0.6) is 0 Å². The summed E-state index contributed by atoms with van der Waals surface area (Å²) in [5, 5.41) is 4.34. The number of hydrogen-bond acceptors (Lipinski definition) is 4. The Morgan fingerprint density at radius 1 is 1.06 bits per heavy atom. The van der Waals surface area contributed by atoms with Crippen LogP contribution in [-0.2, 0) is 4.74 Å². The molecular formula is C24H26BrN5OS. The van der Waals surface area contributed by atoms with E-state index in [1.54, 1.807) is 0 Å². The summed E-state index contributed by atoms with van der Waals surface area (Å²) in [7, 11) is 0. The first-order valence-electron chi connectivity index (χ1n) is 10.9. The molecule has 1 N–H and O–H groups in total. The summed E-state index contributed by atoms with van der Waals surface area (Å²) in [6.45, 7) is 5.34. The molecule has 2 atom stereocenters. The smallest absolute Gasteiger partial charge is 0.170 e. The minimum atomic E-state index is -0.0193. The van der Waals surface area contributed by atoms with Gasteiger partial charge in [-0.05, 0) is 54.7 Å². The van der Waals surface area contributed by atoms with Crippen molar-refractivity contribution >= 4 is 33.3 Å². The van der Waals surface area contributed by atoms with Gasteiger partial charge in [-0.3, -0.25) is 9.88 Å². The lowest BCUT2D eigenvalue weighted by Gasteiger charge is -2.32. The van der Waals surface area contributed by atoms with Crippen molar-refractivity contribution in [1.29, 1.82) is 0 Å². The minimum absolute atomic E-state index is 0.0193. The van der Waals surface area contributed by atoms with E-state index in [2.05, 4.69) is 83.2 Å². The lowest BCUT2D eigenvalue weighted by Crippen LogP contribution is -2.42. The maximum atomic E-state index is 5.84. The van der Waals surface area contributed by atoms with Crippen LogP contribution >= 0.6 is 28.1 Å². The Morgan fingerprint density at radius 2 is 1.94 bits per heavy atom. The maximum Gasteiger partial charge on any atom is 0.170 e. The number of morpholine rings is 1. The second kappa shape index (κ2) is 9.70. The molecule has 3 aromatic rings. The average molecular weight is 512 g/mol. The molecule has 166 valence electrons. The Hall–Kier alpha value is -2.26. The molecule has 0 bridgehead atoms. The number of aromatic nitrogens is 2. The fourth-order valence-corrected chi connectivity index (χ4v) is 5.26. The Labute approximate surface area is 202 Å². The molecule has 0 spiro atoms. The van der Waals surface area contributed by atoms with E-state index in [0.717, 1.165) is 60.4 Å². The fourth-order valence-electron chi connectivity index (χ4n) is 4.54. The van der Waals surface area contributed by atoms with Gasteiger partial charge < -0.3 is 19.5 Å². The highest BCUT2D eigenvalue weighted by atomic mass is 79.9. The van der Waals surface area contributed by atoms with E-state index in [4.69, 9.17) is 17.0 Å². The molecule has 0 amide bonds. The fraction of sp³-hybridized carbons (Fsp3) is 0.333. The summed E-state index contributed by atoms with van der Waals surface area (Å²) in [5.74, 6) is 0. The van der Waals surface area contributed by atoms with E-state index in [-0.39, 0.29) is 12.1 Å². The first-order valence-corrected chi connectivity index (χ1v) is 12.1. The van der Waals surface area contributed by atoms with Gasteiger partial charge in [0.05, 0.1) is 31.0 Å². The number of ether oxygens (including phenoxy) is 1. The van der Waals surface area contributed by atoms with Gasteiger partial charge >= 0.3 is 0 Å². The van der Waals surface area contributed by atoms with Crippen LogP contribution in [0.4, 0.5) is 0 Å². The van der Waals surface area contributed by atoms with E-state index in [1.165, 1.54) is 5.69 Å². The first kappa shape index (κ1) is 21.6. The predicted octanol–water partition coefficient (Wildman–Crippen LogP) is 3.94. The standard InChI is InChI=1S/C24H26BrN5OS/c25-18-5-3-6-19(17-18)29-10-4-8-21(29)23-22(20-7-1-2-9-26-20)27-24(32)30(23)12-11-28-13-15-31-16-14-28/h1-10,17,22-23H,11-16H2,(H,27,32)/t22-,23+/m1/s1. The second-order valence-electron chi connectivity index (χ2n) is 8.06. The number of benzene rings is 1. The molecule has 5 rings (SSSR count). The number of pyridine rings is 1. The van der Waals surface area contributed by atoms with Crippen LogP contribution in [0.2, 0.25) is 0 Å². The molecule has 0 aliphatic carbocycles. The third-order valence-corrected chi connectivity index (χ3v) is 6.97. The SMILES string of the molecule is S=C1N[C@H](c2ccccn2)[C@H](c2cccn2-c2cccc(Br)c2)N1CCN1CCOCC1. The van der Waals surface area contributed by atoms with Gasteiger partial charge in [0, 0.05) is 54.4 Å². The van der Waals surface area contributed by atoms with Gasteiger partial charge in [-0.15, -0.1) is 0 Å². The zero-order chi connectivity index (χ0) is 21.9. The van der Waals surface area contributed by atoms with E-state index >= 15 is 0 Å². The Balaban J connectivity index is 1.50. The lowest BCUT2D eigenvalue weighted by atomic mass is 10.0. The quantitative estimate of drug-likeness (QED) is 0.505. The molecule has 2 saturated heterocycles. The lowest BCUT2D eigenvalue weighted by molar-refractivity contribution is 0.0349. The van der Waals surface area contributed by atoms with E-state index in [0.29, 0.717) is 0 Å². The van der Waals surface area contributed by atoms with Crippen LogP contribution in [0.1, 0.15) is 23.5 Å². The zero-order valence-corrected chi connectivity index (χ0v) is 20.1.